The van der Waals surface area contributed by atoms with E-state index in [1.807, 2.05) is 0 Å². The molecule has 366 valence electrons. The lowest BCUT2D eigenvalue weighted by Crippen LogP contribution is -2.11. The molecule has 2 nitrogen and oxygen atoms in total. The first-order valence-corrected chi connectivity index (χ1v) is 26.8. The van der Waals surface area contributed by atoms with Crippen LogP contribution in [0.3, 0.4) is 0 Å². The first kappa shape index (κ1) is 46.3. The van der Waals surface area contributed by atoms with E-state index in [0.29, 0.717) is 0 Å². The summed E-state index contributed by atoms with van der Waals surface area (Å²) in [5, 5.41) is 4.87. The molecule has 0 fully saturated rings. The number of hydrogen-bond acceptors (Lipinski definition) is 1. The Kier molecular flexibility index (Phi) is 11.9. The van der Waals surface area contributed by atoms with Crippen molar-refractivity contribution in [3.05, 3.63) is 315 Å². The van der Waals surface area contributed by atoms with Crippen LogP contribution in [-0.2, 0) is 0 Å². The van der Waals surface area contributed by atoms with Crippen molar-refractivity contribution in [2.75, 3.05) is 4.90 Å². The average Bonchev–Trinajstić information content (AvgIpc) is 4.03. The fourth-order valence-electron chi connectivity index (χ4n) is 11.7. The van der Waals surface area contributed by atoms with E-state index in [2.05, 4.69) is 325 Å². The Hall–Kier alpha value is -10.3. The van der Waals surface area contributed by atoms with Crippen LogP contribution in [0.4, 0.5) is 17.1 Å². The molecule has 13 aromatic carbocycles. The normalized spacial score (nSPS) is 11.3. The van der Waals surface area contributed by atoms with Crippen LogP contribution in [0.1, 0.15) is 0 Å². The van der Waals surface area contributed by atoms with Crippen LogP contribution in [0.15, 0.2) is 315 Å². The molecule has 2 heteroatoms. The monoisotopic (exact) mass is 992 g/mol. The quantitative estimate of drug-likeness (QED) is 0.125. The Balaban J connectivity index is 0.934. The first-order chi connectivity index (χ1) is 38.7. The van der Waals surface area contributed by atoms with Gasteiger partial charge in [-0.2, -0.15) is 0 Å². The predicted octanol–water partition coefficient (Wildman–Crippen LogP) is 21.1. The fraction of sp³-hybridized carbons (Fsp3) is 0. The van der Waals surface area contributed by atoms with Crippen molar-refractivity contribution in [3.63, 3.8) is 0 Å². The molecule has 1 aromatic heterocycles. The van der Waals surface area contributed by atoms with Gasteiger partial charge in [-0.3, -0.25) is 0 Å². The summed E-state index contributed by atoms with van der Waals surface area (Å²) in [6.45, 7) is 0. The molecular formula is C76H52N2. The molecule has 14 rings (SSSR count). The molecule has 0 saturated heterocycles. The summed E-state index contributed by atoms with van der Waals surface area (Å²) in [6, 6.07) is 115. The highest BCUT2D eigenvalue weighted by Gasteiger charge is 2.22. The molecule has 0 unspecified atom stereocenters. The van der Waals surface area contributed by atoms with E-state index in [-0.39, 0.29) is 0 Å². The standard InChI is InChI=1S/C76H52N2/c1-5-23-53(24-6-1)57-31-21-32-58(45-57)62-47-63(69-40-22-30-56-29-13-14-35-67(56)69)51-66(50-62)78-75-42-20-18-39-72(75)73-52-59(43-44-76(73)78)68-36-15-16-37-70(68)71-38-17-19-41-74(71)77(64-33-11-4-12-34-64)65-48-60(54-25-7-2-8-26-54)46-61(49-65)55-27-9-3-10-28-55/h1-52H. The molecule has 14 aromatic rings. The van der Waals surface area contributed by atoms with Crippen LogP contribution >= 0.6 is 0 Å². The molecule has 0 atom stereocenters. The van der Waals surface area contributed by atoms with Crippen molar-refractivity contribution >= 4 is 49.6 Å². The minimum Gasteiger partial charge on any atom is -0.310 e. The third-order valence-corrected chi connectivity index (χ3v) is 15.3. The molecule has 0 aliphatic heterocycles. The van der Waals surface area contributed by atoms with E-state index >= 15 is 0 Å². The van der Waals surface area contributed by atoms with E-state index in [0.717, 1.165) is 67.2 Å². The SMILES string of the molecule is c1ccc(-c2cccc(-c3cc(-c4cccc5ccccc45)cc(-n4c5ccccc5c5cc(-c6ccccc6-c6ccccc6N(c6ccccc6)c6cc(-c7ccccc7)cc(-c7ccccc7)c6)ccc54)c3)c2)cc1. The summed E-state index contributed by atoms with van der Waals surface area (Å²) in [5.41, 5.74) is 23.1. The Morgan fingerprint density at radius 2 is 0.679 bits per heavy atom. The summed E-state index contributed by atoms with van der Waals surface area (Å²) >= 11 is 0. The Labute approximate surface area is 455 Å². The largest absolute Gasteiger partial charge is 0.310 e. The molecule has 0 amide bonds. The number of anilines is 3. The molecule has 0 radical (unpaired) electrons. The van der Waals surface area contributed by atoms with Gasteiger partial charge < -0.3 is 9.47 Å². The van der Waals surface area contributed by atoms with Crippen LogP contribution in [-0.4, -0.2) is 4.57 Å². The minimum atomic E-state index is 1.08. The smallest absolute Gasteiger partial charge is 0.0541 e. The van der Waals surface area contributed by atoms with Crippen molar-refractivity contribution in [2.45, 2.75) is 0 Å². The maximum Gasteiger partial charge on any atom is 0.0541 e. The van der Waals surface area contributed by atoms with Gasteiger partial charge in [0.15, 0.2) is 0 Å². The molecule has 0 aliphatic rings. The van der Waals surface area contributed by atoms with Crippen molar-refractivity contribution < 1.29 is 0 Å². The molecule has 0 spiro atoms. The molecular weight excluding hydrogens is 941 g/mol. The van der Waals surface area contributed by atoms with E-state index < -0.39 is 0 Å². The Bertz CT molecular complexity index is 4420. The topological polar surface area (TPSA) is 8.17 Å². The maximum atomic E-state index is 2.47. The van der Waals surface area contributed by atoms with Gasteiger partial charge in [-0.15, -0.1) is 0 Å². The highest BCUT2D eigenvalue weighted by atomic mass is 15.1. The van der Waals surface area contributed by atoms with Crippen LogP contribution in [0.25, 0.3) is 116 Å². The molecule has 0 bridgehead atoms. The molecule has 0 saturated carbocycles. The van der Waals surface area contributed by atoms with Crippen molar-refractivity contribution in [1.29, 1.82) is 0 Å². The van der Waals surface area contributed by atoms with Gasteiger partial charge in [0.25, 0.3) is 0 Å². The third-order valence-electron chi connectivity index (χ3n) is 15.3. The summed E-state index contributed by atoms with van der Waals surface area (Å²) in [4.78, 5) is 2.43. The fourth-order valence-corrected chi connectivity index (χ4v) is 11.7. The predicted molar refractivity (Wildman–Crippen MR) is 331 cm³/mol. The van der Waals surface area contributed by atoms with E-state index in [9.17, 15) is 0 Å². The van der Waals surface area contributed by atoms with Crippen LogP contribution in [0.2, 0.25) is 0 Å². The zero-order chi connectivity index (χ0) is 51.8. The number of rotatable bonds is 11. The van der Waals surface area contributed by atoms with E-state index in [1.54, 1.807) is 0 Å². The van der Waals surface area contributed by atoms with Crippen LogP contribution in [0.5, 0.6) is 0 Å². The lowest BCUT2D eigenvalue weighted by Gasteiger charge is -2.29. The minimum absolute atomic E-state index is 1.08. The van der Waals surface area contributed by atoms with Crippen LogP contribution < -0.4 is 4.90 Å². The maximum absolute atomic E-state index is 2.47. The second-order valence-corrected chi connectivity index (χ2v) is 20.1. The van der Waals surface area contributed by atoms with Crippen molar-refractivity contribution in [1.82, 2.24) is 4.57 Å². The molecule has 0 N–H and O–H groups in total. The number of nitrogens with zero attached hydrogens (tertiary/aromatic N) is 2. The number of hydrogen-bond donors (Lipinski definition) is 0. The van der Waals surface area contributed by atoms with Gasteiger partial charge in [0, 0.05) is 33.4 Å². The highest BCUT2D eigenvalue weighted by Crippen LogP contribution is 2.47. The second-order valence-electron chi connectivity index (χ2n) is 20.1. The third kappa shape index (κ3) is 8.62. The molecule has 0 aliphatic carbocycles. The van der Waals surface area contributed by atoms with Gasteiger partial charge in [-0.1, -0.05) is 237 Å². The molecule has 1 heterocycles. The van der Waals surface area contributed by atoms with Gasteiger partial charge in [-0.05, 0) is 162 Å². The first-order valence-electron chi connectivity index (χ1n) is 26.8. The Morgan fingerprint density at radius 3 is 1.40 bits per heavy atom. The van der Waals surface area contributed by atoms with Gasteiger partial charge in [0.1, 0.15) is 0 Å². The second kappa shape index (κ2) is 20.1. The number of para-hydroxylation sites is 3. The van der Waals surface area contributed by atoms with Gasteiger partial charge in [0.2, 0.25) is 0 Å². The average molecular weight is 993 g/mol. The lowest BCUT2D eigenvalue weighted by atomic mass is 9.92. The van der Waals surface area contributed by atoms with Crippen molar-refractivity contribution in [3.8, 4) is 83.6 Å². The van der Waals surface area contributed by atoms with Crippen LogP contribution in [0, 0.1) is 0 Å². The molecule has 78 heavy (non-hydrogen) atoms. The summed E-state index contributed by atoms with van der Waals surface area (Å²) in [7, 11) is 0. The number of fused-ring (bicyclic) bond motifs is 4. The lowest BCUT2D eigenvalue weighted by molar-refractivity contribution is 1.18. The number of benzene rings is 13. The summed E-state index contributed by atoms with van der Waals surface area (Å²) in [5.74, 6) is 0. The van der Waals surface area contributed by atoms with Gasteiger partial charge in [0.05, 0.1) is 16.7 Å². The van der Waals surface area contributed by atoms with E-state index in [1.165, 1.54) is 66.1 Å². The summed E-state index contributed by atoms with van der Waals surface area (Å²) < 4.78 is 2.47. The van der Waals surface area contributed by atoms with Gasteiger partial charge in [-0.25, -0.2) is 0 Å². The Morgan fingerprint density at radius 1 is 0.218 bits per heavy atom. The van der Waals surface area contributed by atoms with Gasteiger partial charge >= 0.3 is 0 Å². The highest BCUT2D eigenvalue weighted by molar-refractivity contribution is 6.11. The van der Waals surface area contributed by atoms with E-state index in [4.69, 9.17) is 0 Å². The zero-order valence-electron chi connectivity index (χ0n) is 42.9. The zero-order valence-corrected chi connectivity index (χ0v) is 42.9. The number of aromatic nitrogens is 1. The van der Waals surface area contributed by atoms with Crippen molar-refractivity contribution in [2.24, 2.45) is 0 Å². The summed E-state index contributed by atoms with van der Waals surface area (Å²) in [6.07, 6.45) is 0.